The molecule has 0 bridgehead atoms. The number of amides is 1. The second-order valence-electron chi connectivity index (χ2n) is 7.66. The van der Waals surface area contributed by atoms with Crippen molar-refractivity contribution in [3.05, 3.63) is 58.6 Å². The summed E-state index contributed by atoms with van der Waals surface area (Å²) in [5, 5.41) is 3.02. The Labute approximate surface area is 172 Å². The third-order valence-electron chi connectivity index (χ3n) is 5.93. The number of benzene rings is 2. The van der Waals surface area contributed by atoms with Gasteiger partial charge in [-0.1, -0.05) is 18.2 Å². The van der Waals surface area contributed by atoms with Crippen LogP contribution in [-0.2, 0) is 21.5 Å². The van der Waals surface area contributed by atoms with Crippen LogP contribution in [0.25, 0.3) is 11.1 Å². The van der Waals surface area contributed by atoms with Crippen LogP contribution >= 0.6 is 0 Å². The van der Waals surface area contributed by atoms with Crippen molar-refractivity contribution in [2.24, 2.45) is 0 Å². The van der Waals surface area contributed by atoms with Crippen molar-refractivity contribution in [1.29, 1.82) is 0 Å². The molecule has 0 atom stereocenters. The fraction of sp³-hybridized carbons (Fsp3) is 0.364. The van der Waals surface area contributed by atoms with Crippen molar-refractivity contribution < 1.29 is 23.4 Å². The van der Waals surface area contributed by atoms with Crippen LogP contribution in [0.2, 0.25) is 0 Å². The SMILES string of the molecule is O=C(Cn1c(=O)oc2ccccc21)NCC1(c2ccc3c(c2)OCO3)CCOCC1. The first-order chi connectivity index (χ1) is 14.6. The summed E-state index contributed by atoms with van der Waals surface area (Å²) in [6.07, 6.45) is 1.56. The van der Waals surface area contributed by atoms with E-state index in [0.29, 0.717) is 30.9 Å². The van der Waals surface area contributed by atoms with Crippen LogP contribution in [0.15, 0.2) is 51.7 Å². The molecule has 8 nitrogen and oxygen atoms in total. The molecule has 1 fully saturated rings. The number of hydrogen-bond donors (Lipinski definition) is 1. The number of nitrogens with zero attached hydrogens (tertiary/aromatic N) is 1. The summed E-state index contributed by atoms with van der Waals surface area (Å²) in [6, 6.07) is 13.0. The van der Waals surface area contributed by atoms with Crippen molar-refractivity contribution in [1.82, 2.24) is 9.88 Å². The molecule has 0 aliphatic carbocycles. The quantitative estimate of drug-likeness (QED) is 0.693. The summed E-state index contributed by atoms with van der Waals surface area (Å²) in [5.74, 6) is 0.676. The van der Waals surface area contributed by atoms with Crippen LogP contribution in [0.5, 0.6) is 11.5 Å². The highest BCUT2D eigenvalue weighted by Crippen LogP contribution is 2.40. The molecule has 2 aromatic carbocycles. The van der Waals surface area contributed by atoms with Crippen molar-refractivity contribution in [2.45, 2.75) is 24.8 Å². The summed E-state index contributed by atoms with van der Waals surface area (Å²) >= 11 is 0. The van der Waals surface area contributed by atoms with E-state index in [1.54, 1.807) is 18.2 Å². The van der Waals surface area contributed by atoms with Crippen LogP contribution in [0.3, 0.4) is 0 Å². The van der Waals surface area contributed by atoms with Crippen LogP contribution < -0.4 is 20.5 Å². The maximum Gasteiger partial charge on any atom is 0.420 e. The van der Waals surface area contributed by atoms with Crippen molar-refractivity contribution in [2.75, 3.05) is 26.6 Å². The van der Waals surface area contributed by atoms with Gasteiger partial charge in [0.15, 0.2) is 17.1 Å². The van der Waals surface area contributed by atoms with Gasteiger partial charge in [-0.05, 0) is 42.7 Å². The number of para-hydroxylation sites is 2. The lowest BCUT2D eigenvalue weighted by molar-refractivity contribution is -0.122. The molecule has 1 saturated heterocycles. The number of aromatic nitrogens is 1. The molecule has 8 heteroatoms. The van der Waals surface area contributed by atoms with Crippen LogP contribution in [0.1, 0.15) is 18.4 Å². The van der Waals surface area contributed by atoms with Crippen LogP contribution in [0.4, 0.5) is 0 Å². The molecular weight excluding hydrogens is 388 g/mol. The zero-order valence-corrected chi connectivity index (χ0v) is 16.4. The van der Waals surface area contributed by atoms with Gasteiger partial charge in [-0.15, -0.1) is 0 Å². The largest absolute Gasteiger partial charge is 0.454 e. The molecule has 1 N–H and O–H groups in total. The van der Waals surface area contributed by atoms with Gasteiger partial charge in [0.05, 0.1) is 5.52 Å². The van der Waals surface area contributed by atoms with E-state index >= 15 is 0 Å². The Balaban J connectivity index is 1.35. The van der Waals surface area contributed by atoms with E-state index in [-0.39, 0.29) is 24.7 Å². The van der Waals surface area contributed by atoms with Crippen molar-refractivity contribution >= 4 is 17.0 Å². The highest BCUT2D eigenvalue weighted by molar-refractivity contribution is 5.79. The monoisotopic (exact) mass is 410 g/mol. The highest BCUT2D eigenvalue weighted by Gasteiger charge is 2.36. The summed E-state index contributed by atoms with van der Waals surface area (Å²) in [7, 11) is 0. The van der Waals surface area contributed by atoms with Gasteiger partial charge < -0.3 is 23.9 Å². The first kappa shape index (κ1) is 18.7. The van der Waals surface area contributed by atoms with Gasteiger partial charge >= 0.3 is 5.76 Å². The van der Waals surface area contributed by atoms with Gasteiger partial charge in [0.25, 0.3) is 0 Å². The Bertz CT molecular complexity index is 1140. The van der Waals surface area contributed by atoms with Gasteiger partial charge in [0.2, 0.25) is 12.7 Å². The van der Waals surface area contributed by atoms with Crippen molar-refractivity contribution in [3.8, 4) is 11.5 Å². The third-order valence-corrected chi connectivity index (χ3v) is 5.93. The van der Waals surface area contributed by atoms with Gasteiger partial charge in [-0.2, -0.15) is 0 Å². The maximum atomic E-state index is 12.7. The molecule has 1 aromatic heterocycles. The first-order valence-electron chi connectivity index (χ1n) is 9.98. The summed E-state index contributed by atoms with van der Waals surface area (Å²) < 4.78 is 23.1. The molecule has 2 aliphatic heterocycles. The molecule has 0 radical (unpaired) electrons. The normalized spacial score (nSPS) is 17.2. The van der Waals surface area contributed by atoms with E-state index in [0.717, 1.165) is 29.9 Å². The Hall–Kier alpha value is -3.26. The molecular formula is C22H22N2O6. The number of carbonyl (C=O) groups is 1. The zero-order chi connectivity index (χ0) is 20.6. The molecule has 0 unspecified atom stereocenters. The van der Waals surface area contributed by atoms with Crippen LogP contribution in [-0.4, -0.2) is 37.0 Å². The summed E-state index contributed by atoms with van der Waals surface area (Å²) in [6.45, 7) is 1.81. The molecule has 156 valence electrons. The van der Waals surface area contributed by atoms with E-state index in [4.69, 9.17) is 18.6 Å². The zero-order valence-electron chi connectivity index (χ0n) is 16.4. The number of ether oxygens (including phenoxy) is 3. The second-order valence-corrected chi connectivity index (χ2v) is 7.66. The average molecular weight is 410 g/mol. The second kappa shape index (κ2) is 7.53. The fourth-order valence-electron chi connectivity index (χ4n) is 4.19. The lowest BCUT2D eigenvalue weighted by Crippen LogP contribution is -2.45. The third kappa shape index (κ3) is 3.33. The van der Waals surface area contributed by atoms with Crippen LogP contribution in [0, 0.1) is 0 Å². The molecule has 5 rings (SSSR count). The molecule has 2 aliphatic rings. The average Bonchev–Trinajstić information content (AvgIpc) is 3.37. The molecule has 3 aromatic rings. The number of rotatable bonds is 5. The Morgan fingerprint density at radius 3 is 2.73 bits per heavy atom. The van der Waals surface area contributed by atoms with Crippen molar-refractivity contribution in [3.63, 3.8) is 0 Å². The predicted molar refractivity (Wildman–Crippen MR) is 108 cm³/mol. The number of oxazole rings is 1. The highest BCUT2D eigenvalue weighted by atomic mass is 16.7. The van der Waals surface area contributed by atoms with Gasteiger partial charge in [-0.25, -0.2) is 4.79 Å². The first-order valence-corrected chi connectivity index (χ1v) is 9.98. The number of nitrogens with one attached hydrogen (secondary N) is 1. The van der Waals surface area contributed by atoms with E-state index in [9.17, 15) is 9.59 Å². The molecule has 3 heterocycles. The predicted octanol–water partition coefficient (Wildman–Crippen LogP) is 2.19. The standard InChI is InChI=1S/C22H22N2O6/c25-20(12-24-16-3-1-2-4-17(16)30-21(24)26)23-13-22(7-9-27-10-8-22)15-5-6-18-19(11-15)29-14-28-18/h1-6,11H,7-10,12-14H2,(H,23,25). The Morgan fingerprint density at radius 2 is 1.87 bits per heavy atom. The lowest BCUT2D eigenvalue weighted by atomic mass is 9.74. The van der Waals surface area contributed by atoms with Gasteiger partial charge in [0.1, 0.15) is 6.54 Å². The minimum absolute atomic E-state index is 0.0937. The minimum atomic E-state index is -0.539. The molecule has 0 saturated carbocycles. The Morgan fingerprint density at radius 1 is 1.07 bits per heavy atom. The maximum absolute atomic E-state index is 12.7. The van der Waals surface area contributed by atoms with E-state index < -0.39 is 5.76 Å². The molecule has 30 heavy (non-hydrogen) atoms. The van der Waals surface area contributed by atoms with Gasteiger partial charge in [-0.3, -0.25) is 9.36 Å². The number of carbonyl (C=O) groups excluding carboxylic acids is 1. The van der Waals surface area contributed by atoms with E-state index in [2.05, 4.69) is 5.32 Å². The number of fused-ring (bicyclic) bond motifs is 2. The smallest absolute Gasteiger partial charge is 0.420 e. The van der Waals surface area contributed by atoms with E-state index in [1.165, 1.54) is 4.57 Å². The lowest BCUT2D eigenvalue weighted by Gasteiger charge is -2.38. The summed E-state index contributed by atoms with van der Waals surface area (Å²) in [5.41, 5.74) is 1.89. The Kier molecular flexibility index (Phi) is 4.71. The minimum Gasteiger partial charge on any atom is -0.454 e. The van der Waals surface area contributed by atoms with Gasteiger partial charge in [0, 0.05) is 25.2 Å². The van der Waals surface area contributed by atoms with E-state index in [1.807, 2.05) is 24.3 Å². The summed E-state index contributed by atoms with van der Waals surface area (Å²) in [4.78, 5) is 24.9. The molecule has 0 spiro atoms. The topological polar surface area (TPSA) is 91.9 Å². The molecule has 1 amide bonds. The number of hydrogen-bond acceptors (Lipinski definition) is 6. The fourth-order valence-corrected chi connectivity index (χ4v) is 4.19.